The average molecular weight is 213 g/mol. The van der Waals surface area contributed by atoms with Crippen molar-refractivity contribution in [3.05, 3.63) is 36.3 Å². The number of hydrogen-bond donors (Lipinski definition) is 1. The number of imidazole rings is 1. The van der Waals surface area contributed by atoms with E-state index < -0.39 is 0 Å². The van der Waals surface area contributed by atoms with Crippen molar-refractivity contribution in [2.24, 2.45) is 0 Å². The van der Waals surface area contributed by atoms with E-state index in [0.29, 0.717) is 12.4 Å². The number of rotatable bonds is 3. The molecule has 0 aliphatic carbocycles. The van der Waals surface area contributed by atoms with Crippen molar-refractivity contribution in [2.75, 3.05) is 6.61 Å². The molecule has 0 bridgehead atoms. The molecule has 0 unspecified atom stereocenters. The topological polar surface area (TPSA) is 61.7 Å². The van der Waals surface area contributed by atoms with Crippen LogP contribution in [0.4, 0.5) is 0 Å². The summed E-state index contributed by atoms with van der Waals surface area (Å²) in [5.74, 6) is 1.16. The number of benzene rings is 1. The van der Waals surface area contributed by atoms with Crippen LogP contribution in [0.1, 0.15) is 12.7 Å². The number of H-pyrrole nitrogens is 1. The van der Waals surface area contributed by atoms with Gasteiger partial charge >= 0.3 is 0 Å². The number of hydrogen-bond acceptors (Lipinski definition) is 3. The molecular weight excluding hydrogens is 202 g/mol. The normalized spacial score (nSPS) is 9.75. The molecule has 4 nitrogen and oxygen atoms in total. The van der Waals surface area contributed by atoms with Gasteiger partial charge in [0.05, 0.1) is 18.5 Å². The lowest BCUT2D eigenvalue weighted by atomic mass is 10.2. The molecule has 0 spiro atoms. The maximum Gasteiger partial charge on any atom is 0.210 e. The largest absolute Gasteiger partial charge is 0.494 e. The maximum atomic E-state index is 8.65. The lowest BCUT2D eigenvalue weighted by Crippen LogP contribution is -1.90. The maximum absolute atomic E-state index is 8.65. The molecule has 2 rings (SSSR count). The van der Waals surface area contributed by atoms with Gasteiger partial charge in [0.2, 0.25) is 5.82 Å². The van der Waals surface area contributed by atoms with Gasteiger partial charge < -0.3 is 9.72 Å². The van der Waals surface area contributed by atoms with Crippen molar-refractivity contribution in [3.63, 3.8) is 0 Å². The molecule has 0 aliphatic rings. The summed E-state index contributed by atoms with van der Waals surface area (Å²) >= 11 is 0. The van der Waals surface area contributed by atoms with Crippen molar-refractivity contribution < 1.29 is 4.74 Å². The van der Waals surface area contributed by atoms with Crippen LogP contribution in [0.2, 0.25) is 0 Å². The highest BCUT2D eigenvalue weighted by atomic mass is 16.5. The van der Waals surface area contributed by atoms with Crippen LogP contribution in [0, 0.1) is 11.3 Å². The van der Waals surface area contributed by atoms with Crippen LogP contribution in [0.5, 0.6) is 5.75 Å². The van der Waals surface area contributed by atoms with Gasteiger partial charge in [-0.3, -0.25) is 0 Å². The first-order valence-electron chi connectivity index (χ1n) is 5.02. The summed E-state index contributed by atoms with van der Waals surface area (Å²) in [6.07, 6.45) is 1.65. The fourth-order valence-electron chi connectivity index (χ4n) is 1.42. The summed E-state index contributed by atoms with van der Waals surface area (Å²) in [5, 5.41) is 8.65. The summed E-state index contributed by atoms with van der Waals surface area (Å²) in [5.41, 5.74) is 1.82. The van der Waals surface area contributed by atoms with Gasteiger partial charge in [-0.2, -0.15) is 5.26 Å². The Balaban J connectivity index is 2.24. The minimum atomic E-state index is 0.323. The van der Waals surface area contributed by atoms with Crippen molar-refractivity contribution >= 4 is 0 Å². The summed E-state index contributed by atoms with van der Waals surface area (Å²) < 4.78 is 5.34. The molecule has 0 fully saturated rings. The third kappa shape index (κ3) is 2.04. The van der Waals surface area contributed by atoms with Crippen LogP contribution < -0.4 is 4.74 Å². The zero-order valence-corrected chi connectivity index (χ0v) is 8.90. The molecule has 0 saturated carbocycles. The summed E-state index contributed by atoms with van der Waals surface area (Å²) in [6, 6.07) is 9.61. The van der Waals surface area contributed by atoms with Gasteiger partial charge in [-0.05, 0) is 36.8 Å². The minimum Gasteiger partial charge on any atom is -0.494 e. The zero-order valence-electron chi connectivity index (χ0n) is 8.90. The molecule has 0 atom stereocenters. The molecule has 1 heterocycles. The molecule has 16 heavy (non-hydrogen) atoms. The summed E-state index contributed by atoms with van der Waals surface area (Å²) in [4.78, 5) is 6.84. The number of aromatic amines is 1. The Bertz CT molecular complexity index is 508. The van der Waals surface area contributed by atoms with Gasteiger partial charge in [0, 0.05) is 0 Å². The molecule has 0 amide bonds. The van der Waals surface area contributed by atoms with Crippen molar-refractivity contribution in [3.8, 4) is 23.1 Å². The van der Waals surface area contributed by atoms with E-state index in [9.17, 15) is 0 Å². The second-order valence-corrected chi connectivity index (χ2v) is 3.21. The second kappa shape index (κ2) is 4.49. The van der Waals surface area contributed by atoms with Crippen molar-refractivity contribution in [1.29, 1.82) is 5.26 Å². The highest BCUT2D eigenvalue weighted by Crippen LogP contribution is 2.20. The van der Waals surface area contributed by atoms with Crippen LogP contribution in [0.25, 0.3) is 11.3 Å². The van der Waals surface area contributed by atoms with E-state index in [1.165, 1.54) is 0 Å². The summed E-state index contributed by atoms with van der Waals surface area (Å²) in [7, 11) is 0. The van der Waals surface area contributed by atoms with Gasteiger partial charge in [-0.15, -0.1) is 0 Å². The quantitative estimate of drug-likeness (QED) is 0.851. The molecule has 1 aromatic heterocycles. The standard InChI is InChI=1S/C12H11N3O/c1-2-16-10-5-3-9(4-6-10)11-8-14-12(7-13)15-11/h3-6,8H,2H2,1H3,(H,14,15). The van der Waals surface area contributed by atoms with Gasteiger partial charge in [-0.1, -0.05) is 0 Å². The molecule has 0 aliphatic heterocycles. The van der Waals surface area contributed by atoms with E-state index in [2.05, 4.69) is 9.97 Å². The van der Waals surface area contributed by atoms with Crippen LogP contribution in [-0.2, 0) is 0 Å². The van der Waals surface area contributed by atoms with Gasteiger partial charge in [-0.25, -0.2) is 4.98 Å². The molecule has 1 N–H and O–H groups in total. The number of nitrogens with one attached hydrogen (secondary N) is 1. The Hall–Kier alpha value is -2.28. The Kier molecular flexibility index (Phi) is 2.88. The third-order valence-electron chi connectivity index (χ3n) is 2.16. The minimum absolute atomic E-state index is 0.323. The predicted octanol–water partition coefficient (Wildman–Crippen LogP) is 2.35. The van der Waals surface area contributed by atoms with E-state index in [1.807, 2.05) is 37.3 Å². The molecule has 80 valence electrons. The molecule has 0 saturated heterocycles. The number of aromatic nitrogens is 2. The van der Waals surface area contributed by atoms with Crippen LogP contribution >= 0.6 is 0 Å². The fraction of sp³-hybridized carbons (Fsp3) is 0.167. The van der Waals surface area contributed by atoms with Crippen LogP contribution in [-0.4, -0.2) is 16.6 Å². The molecular formula is C12H11N3O. The Morgan fingerprint density at radius 3 is 2.69 bits per heavy atom. The van der Waals surface area contributed by atoms with Crippen molar-refractivity contribution in [2.45, 2.75) is 6.92 Å². The second-order valence-electron chi connectivity index (χ2n) is 3.21. The summed E-state index contributed by atoms with van der Waals surface area (Å²) in [6.45, 7) is 2.60. The van der Waals surface area contributed by atoms with Gasteiger partial charge in [0.25, 0.3) is 0 Å². The average Bonchev–Trinajstić information content (AvgIpc) is 2.79. The fourth-order valence-corrected chi connectivity index (χ4v) is 1.42. The van der Waals surface area contributed by atoms with E-state index in [0.717, 1.165) is 17.0 Å². The van der Waals surface area contributed by atoms with E-state index in [-0.39, 0.29) is 0 Å². The highest BCUT2D eigenvalue weighted by molar-refractivity contribution is 5.59. The Morgan fingerprint density at radius 2 is 2.12 bits per heavy atom. The molecule has 0 radical (unpaired) electrons. The SMILES string of the molecule is CCOc1ccc(-c2cnc(C#N)[nH]2)cc1. The van der Waals surface area contributed by atoms with E-state index in [1.54, 1.807) is 6.20 Å². The van der Waals surface area contributed by atoms with E-state index >= 15 is 0 Å². The molecule has 2 aromatic rings. The van der Waals surface area contributed by atoms with Crippen molar-refractivity contribution in [1.82, 2.24) is 9.97 Å². The third-order valence-corrected chi connectivity index (χ3v) is 2.16. The molecule has 1 aromatic carbocycles. The monoisotopic (exact) mass is 213 g/mol. The zero-order chi connectivity index (χ0) is 11.4. The van der Waals surface area contributed by atoms with E-state index in [4.69, 9.17) is 10.00 Å². The molecule has 4 heteroatoms. The lowest BCUT2D eigenvalue weighted by Gasteiger charge is -2.03. The first-order valence-corrected chi connectivity index (χ1v) is 5.02. The van der Waals surface area contributed by atoms with Gasteiger partial charge in [0.1, 0.15) is 11.8 Å². The van der Waals surface area contributed by atoms with Crippen LogP contribution in [0.3, 0.4) is 0 Å². The first-order chi connectivity index (χ1) is 7.83. The number of nitrogens with zero attached hydrogens (tertiary/aromatic N) is 2. The van der Waals surface area contributed by atoms with Gasteiger partial charge in [0.15, 0.2) is 0 Å². The number of ether oxygens (including phenoxy) is 1. The number of nitriles is 1. The highest BCUT2D eigenvalue weighted by Gasteiger charge is 2.02. The Labute approximate surface area is 93.5 Å². The lowest BCUT2D eigenvalue weighted by molar-refractivity contribution is 0.340. The predicted molar refractivity (Wildman–Crippen MR) is 59.9 cm³/mol. The Morgan fingerprint density at radius 1 is 1.38 bits per heavy atom. The first kappa shape index (κ1) is 10.2. The smallest absolute Gasteiger partial charge is 0.210 e. The van der Waals surface area contributed by atoms with Crippen LogP contribution in [0.15, 0.2) is 30.5 Å².